The number of aliphatic hydroxyl groups excluding tert-OH is 1. The number of hydrogen-bond acceptors (Lipinski definition) is 4. The fourth-order valence-corrected chi connectivity index (χ4v) is 5.45. The molecule has 8 heteroatoms. The van der Waals surface area contributed by atoms with E-state index in [2.05, 4.69) is 9.80 Å². The van der Waals surface area contributed by atoms with Gasteiger partial charge in [-0.05, 0) is 43.2 Å². The van der Waals surface area contributed by atoms with Gasteiger partial charge in [0.15, 0.2) is 0 Å². The van der Waals surface area contributed by atoms with E-state index in [-0.39, 0.29) is 18.2 Å². The molecule has 1 aliphatic rings. The molecule has 1 saturated heterocycles. The maximum Gasteiger partial charge on any atom is 0.147 e. The van der Waals surface area contributed by atoms with Crippen molar-refractivity contribution in [3.63, 3.8) is 0 Å². The van der Waals surface area contributed by atoms with Crippen molar-refractivity contribution < 1.29 is 19.0 Å². The van der Waals surface area contributed by atoms with E-state index in [0.29, 0.717) is 50.2 Å². The number of fused-ring (bicyclic) bond motifs is 2. The first-order chi connectivity index (χ1) is 17.3. The fraction of sp³-hybridized carbons (Fsp3) is 0.429. The highest BCUT2D eigenvalue weighted by Crippen LogP contribution is 2.27. The number of nitrogens with zero attached hydrogens (tertiary/aromatic N) is 4. The maximum atomic E-state index is 14.9. The Morgan fingerprint density at radius 2 is 1.75 bits per heavy atom. The molecule has 6 nitrogen and oxygen atoms in total. The highest BCUT2D eigenvalue weighted by molar-refractivity contribution is 5.84. The van der Waals surface area contributed by atoms with Crippen molar-refractivity contribution in [2.24, 2.45) is 0 Å². The van der Waals surface area contributed by atoms with Crippen LogP contribution in [0.15, 0.2) is 54.9 Å². The second kappa shape index (κ2) is 10.3. The van der Waals surface area contributed by atoms with E-state index in [1.165, 1.54) is 12.1 Å². The zero-order valence-electron chi connectivity index (χ0n) is 20.7. The topological polar surface area (TPSA) is 56.8 Å². The Bertz CT molecular complexity index is 1350. The minimum Gasteiger partial charge on any atom is -0.395 e. The van der Waals surface area contributed by atoms with Gasteiger partial charge in [0.1, 0.15) is 11.6 Å². The van der Waals surface area contributed by atoms with Gasteiger partial charge in [0, 0.05) is 75.5 Å². The van der Waals surface area contributed by atoms with Gasteiger partial charge in [-0.2, -0.15) is 0 Å². The highest BCUT2D eigenvalue weighted by atomic mass is 19.1. The normalized spacial score (nSPS) is 18.8. The Morgan fingerprint density at radius 1 is 0.944 bits per heavy atom. The van der Waals surface area contributed by atoms with Crippen molar-refractivity contribution >= 4 is 21.8 Å². The van der Waals surface area contributed by atoms with Crippen molar-refractivity contribution in [3.8, 4) is 0 Å². The van der Waals surface area contributed by atoms with Gasteiger partial charge in [-0.15, -0.1) is 0 Å². The molecular formula is C28H34F2N4O2. The molecular weight excluding hydrogens is 462 g/mol. The molecule has 0 radical (unpaired) electrons. The Labute approximate surface area is 210 Å². The summed E-state index contributed by atoms with van der Waals surface area (Å²) in [6.45, 7) is 7.08. The summed E-state index contributed by atoms with van der Waals surface area (Å²) in [6.07, 6.45) is 4.66. The average Bonchev–Trinajstić information content (AvgIpc) is 3.52. The van der Waals surface area contributed by atoms with Gasteiger partial charge < -0.3 is 19.3 Å². The van der Waals surface area contributed by atoms with Gasteiger partial charge in [0.25, 0.3) is 0 Å². The zero-order valence-corrected chi connectivity index (χ0v) is 20.7. The van der Waals surface area contributed by atoms with Crippen molar-refractivity contribution in [2.75, 3.05) is 39.3 Å². The van der Waals surface area contributed by atoms with Crippen LogP contribution < -0.4 is 0 Å². The van der Waals surface area contributed by atoms with Crippen LogP contribution >= 0.6 is 0 Å². The lowest BCUT2D eigenvalue weighted by molar-refractivity contribution is 0.0684. The molecule has 2 N–H and O–H groups in total. The molecule has 0 spiro atoms. The standard InChI is InChI=1S/C28H34F2N4O2/c1-28(36)9-11-32(20-28)13-15-34-19-21(22-4-2-6-25(30)27(22)34)18-31(16-17-35)12-14-33-10-8-23-24(29)5-3-7-26(23)33/h2-8,10,19,35-36H,9,11-18,20H2,1H3. The van der Waals surface area contributed by atoms with Gasteiger partial charge in [0.05, 0.1) is 23.2 Å². The van der Waals surface area contributed by atoms with Crippen LogP contribution in [0.25, 0.3) is 21.8 Å². The molecule has 192 valence electrons. The second-order valence-corrected chi connectivity index (χ2v) is 10.2. The molecule has 1 fully saturated rings. The molecule has 0 aliphatic carbocycles. The van der Waals surface area contributed by atoms with E-state index >= 15 is 0 Å². The third-order valence-corrected chi connectivity index (χ3v) is 7.35. The van der Waals surface area contributed by atoms with Crippen LogP contribution in [-0.2, 0) is 19.6 Å². The first kappa shape index (κ1) is 24.9. The molecule has 0 saturated carbocycles. The molecule has 2 aromatic carbocycles. The number of hydrogen-bond donors (Lipinski definition) is 2. The van der Waals surface area contributed by atoms with E-state index in [1.807, 2.05) is 40.6 Å². The molecule has 2 aromatic heterocycles. The number of aliphatic hydroxyl groups is 2. The molecule has 5 rings (SSSR count). The second-order valence-electron chi connectivity index (χ2n) is 10.2. The van der Waals surface area contributed by atoms with Crippen LogP contribution in [0.5, 0.6) is 0 Å². The molecule has 0 amide bonds. The number of para-hydroxylation sites is 1. The maximum absolute atomic E-state index is 14.9. The molecule has 1 atom stereocenters. The van der Waals surface area contributed by atoms with Crippen LogP contribution in [0.2, 0.25) is 0 Å². The quantitative estimate of drug-likeness (QED) is 0.351. The number of likely N-dealkylation sites (tertiary alicyclic amines) is 1. The van der Waals surface area contributed by atoms with Gasteiger partial charge in [-0.25, -0.2) is 8.78 Å². The minimum absolute atomic E-state index is 0.0168. The largest absolute Gasteiger partial charge is 0.395 e. The summed E-state index contributed by atoms with van der Waals surface area (Å²) in [7, 11) is 0. The summed E-state index contributed by atoms with van der Waals surface area (Å²) < 4.78 is 33.0. The van der Waals surface area contributed by atoms with Crippen LogP contribution in [0, 0.1) is 11.6 Å². The van der Waals surface area contributed by atoms with Crippen molar-refractivity contribution in [2.45, 2.75) is 38.6 Å². The molecule has 4 aromatic rings. The van der Waals surface area contributed by atoms with Gasteiger partial charge in [-0.3, -0.25) is 9.80 Å². The van der Waals surface area contributed by atoms with Gasteiger partial charge >= 0.3 is 0 Å². The molecule has 3 heterocycles. The van der Waals surface area contributed by atoms with Gasteiger partial charge in [-0.1, -0.05) is 18.2 Å². The number of rotatable bonds is 10. The Morgan fingerprint density at radius 3 is 2.53 bits per heavy atom. The van der Waals surface area contributed by atoms with E-state index < -0.39 is 5.60 Å². The fourth-order valence-electron chi connectivity index (χ4n) is 5.45. The SMILES string of the molecule is CC1(O)CCN(CCn2cc(CN(CCO)CCn3ccc4c(F)cccc43)c3cccc(F)c32)C1. The first-order valence-corrected chi connectivity index (χ1v) is 12.6. The summed E-state index contributed by atoms with van der Waals surface area (Å²) in [5.74, 6) is -0.479. The predicted molar refractivity (Wildman–Crippen MR) is 138 cm³/mol. The Hall–Kier alpha value is -2.78. The van der Waals surface area contributed by atoms with Crippen molar-refractivity contribution in [1.82, 2.24) is 18.9 Å². The molecule has 1 aliphatic heterocycles. The Balaban J connectivity index is 1.33. The summed E-state index contributed by atoms with van der Waals surface area (Å²) in [5.41, 5.74) is 1.79. The van der Waals surface area contributed by atoms with E-state index in [1.54, 1.807) is 18.2 Å². The molecule has 0 bridgehead atoms. The summed E-state index contributed by atoms with van der Waals surface area (Å²) in [5, 5.41) is 21.4. The van der Waals surface area contributed by atoms with Crippen molar-refractivity contribution in [1.29, 1.82) is 0 Å². The smallest absolute Gasteiger partial charge is 0.147 e. The molecule has 36 heavy (non-hydrogen) atoms. The lowest BCUT2D eigenvalue weighted by atomic mass is 10.1. The van der Waals surface area contributed by atoms with E-state index in [4.69, 9.17) is 0 Å². The van der Waals surface area contributed by atoms with E-state index in [9.17, 15) is 19.0 Å². The Kier molecular flexibility index (Phi) is 7.12. The summed E-state index contributed by atoms with van der Waals surface area (Å²) in [4.78, 5) is 4.36. The van der Waals surface area contributed by atoms with E-state index in [0.717, 1.165) is 36.0 Å². The van der Waals surface area contributed by atoms with Crippen LogP contribution in [0.1, 0.15) is 18.9 Å². The number of β-amino-alcohol motifs (C(OH)–C–C–N with tert-alkyl or cyclic N) is 1. The summed E-state index contributed by atoms with van der Waals surface area (Å²) >= 11 is 0. The van der Waals surface area contributed by atoms with Crippen molar-refractivity contribution in [3.05, 3.63) is 72.1 Å². The lowest BCUT2D eigenvalue weighted by Crippen LogP contribution is -2.31. The third-order valence-electron chi connectivity index (χ3n) is 7.35. The number of aromatic nitrogens is 2. The van der Waals surface area contributed by atoms with Crippen LogP contribution in [0.4, 0.5) is 8.78 Å². The monoisotopic (exact) mass is 496 g/mol. The first-order valence-electron chi connectivity index (χ1n) is 12.6. The third kappa shape index (κ3) is 5.18. The molecule has 1 unspecified atom stereocenters. The summed E-state index contributed by atoms with van der Waals surface area (Å²) in [6, 6.07) is 12.1. The number of benzene rings is 2. The van der Waals surface area contributed by atoms with Gasteiger partial charge in [0.2, 0.25) is 0 Å². The predicted octanol–water partition coefficient (Wildman–Crippen LogP) is 3.83. The van der Waals surface area contributed by atoms with Crippen LogP contribution in [-0.4, -0.2) is 74.1 Å². The zero-order chi connectivity index (χ0) is 25.3. The minimum atomic E-state index is -0.656. The highest BCUT2D eigenvalue weighted by Gasteiger charge is 2.31. The van der Waals surface area contributed by atoms with Crippen LogP contribution in [0.3, 0.4) is 0 Å². The number of halogens is 2. The average molecular weight is 497 g/mol. The lowest BCUT2D eigenvalue weighted by Gasteiger charge is -2.22.